The van der Waals surface area contributed by atoms with Crippen molar-refractivity contribution in [3.8, 4) is 5.75 Å². The predicted octanol–water partition coefficient (Wildman–Crippen LogP) is 2.10. The first-order valence-corrected chi connectivity index (χ1v) is 3.76. The number of alkyl halides is 1. The SMILES string of the molecule is O=C(O)C(F)Oc1cccc(Cl)c1. The van der Waals surface area contributed by atoms with Crippen molar-refractivity contribution in [2.75, 3.05) is 0 Å². The van der Waals surface area contributed by atoms with Crippen LogP contribution in [0.3, 0.4) is 0 Å². The van der Waals surface area contributed by atoms with E-state index >= 15 is 0 Å². The first-order valence-electron chi connectivity index (χ1n) is 3.38. The van der Waals surface area contributed by atoms with Gasteiger partial charge in [0.2, 0.25) is 0 Å². The van der Waals surface area contributed by atoms with Crippen molar-refractivity contribution in [3.63, 3.8) is 0 Å². The summed E-state index contributed by atoms with van der Waals surface area (Å²) >= 11 is 5.56. The minimum Gasteiger partial charge on any atom is -0.476 e. The first kappa shape index (κ1) is 9.80. The minimum atomic E-state index is -2.36. The molecule has 0 heterocycles. The van der Waals surface area contributed by atoms with Gasteiger partial charge >= 0.3 is 12.3 Å². The van der Waals surface area contributed by atoms with E-state index in [2.05, 4.69) is 4.74 Å². The number of aliphatic carboxylic acids is 1. The summed E-state index contributed by atoms with van der Waals surface area (Å²) in [6.45, 7) is 0. The maximum Gasteiger partial charge on any atom is 0.378 e. The monoisotopic (exact) mass is 204 g/mol. The molecule has 3 nitrogen and oxygen atoms in total. The molecule has 0 radical (unpaired) electrons. The van der Waals surface area contributed by atoms with Crippen LogP contribution in [-0.4, -0.2) is 17.4 Å². The predicted molar refractivity (Wildman–Crippen MR) is 44.6 cm³/mol. The van der Waals surface area contributed by atoms with Crippen LogP contribution in [0.25, 0.3) is 0 Å². The van der Waals surface area contributed by atoms with Gasteiger partial charge in [0.1, 0.15) is 5.75 Å². The van der Waals surface area contributed by atoms with Crippen molar-refractivity contribution in [2.45, 2.75) is 6.36 Å². The lowest BCUT2D eigenvalue weighted by molar-refractivity contribution is -0.153. The standard InChI is InChI=1S/C8H6ClFO3/c9-5-2-1-3-6(4-5)13-7(10)8(11)12/h1-4,7H,(H,11,12). The Morgan fingerprint density at radius 1 is 1.62 bits per heavy atom. The van der Waals surface area contributed by atoms with Gasteiger partial charge < -0.3 is 9.84 Å². The molecule has 0 amide bonds. The molecule has 1 aromatic rings. The topological polar surface area (TPSA) is 46.5 Å². The second-order valence-corrected chi connectivity index (χ2v) is 2.67. The average molecular weight is 205 g/mol. The Morgan fingerprint density at radius 3 is 2.85 bits per heavy atom. The summed E-state index contributed by atoms with van der Waals surface area (Å²) in [5.41, 5.74) is 0. The molecule has 1 aromatic carbocycles. The number of hydrogen-bond donors (Lipinski definition) is 1. The van der Waals surface area contributed by atoms with Crippen LogP contribution in [0.4, 0.5) is 4.39 Å². The zero-order chi connectivity index (χ0) is 9.84. The van der Waals surface area contributed by atoms with Gasteiger partial charge in [0.05, 0.1) is 0 Å². The number of carbonyl (C=O) groups is 1. The van der Waals surface area contributed by atoms with Crippen LogP contribution in [0.15, 0.2) is 24.3 Å². The molecule has 0 fully saturated rings. The molecule has 0 saturated heterocycles. The molecule has 0 aromatic heterocycles. The zero-order valence-electron chi connectivity index (χ0n) is 6.41. The van der Waals surface area contributed by atoms with Gasteiger partial charge in [0, 0.05) is 5.02 Å². The molecule has 0 spiro atoms. The van der Waals surface area contributed by atoms with E-state index < -0.39 is 12.3 Å². The number of ether oxygens (including phenoxy) is 1. The van der Waals surface area contributed by atoms with E-state index in [9.17, 15) is 9.18 Å². The molecule has 1 atom stereocenters. The number of carboxylic acids is 1. The van der Waals surface area contributed by atoms with E-state index in [-0.39, 0.29) is 5.75 Å². The number of carboxylic acid groups (broad SMARTS) is 1. The molecular weight excluding hydrogens is 199 g/mol. The maximum atomic E-state index is 12.5. The van der Waals surface area contributed by atoms with Crippen molar-refractivity contribution >= 4 is 17.6 Å². The maximum absolute atomic E-state index is 12.5. The lowest BCUT2D eigenvalue weighted by Gasteiger charge is -2.06. The van der Waals surface area contributed by atoms with E-state index in [1.165, 1.54) is 18.2 Å². The van der Waals surface area contributed by atoms with Crippen LogP contribution in [0.1, 0.15) is 0 Å². The van der Waals surface area contributed by atoms with Crippen molar-refractivity contribution < 1.29 is 19.0 Å². The lowest BCUT2D eigenvalue weighted by Crippen LogP contribution is -2.21. The molecule has 0 aliphatic rings. The van der Waals surface area contributed by atoms with Gasteiger partial charge in [-0.15, -0.1) is 0 Å². The number of halogens is 2. The summed E-state index contributed by atoms with van der Waals surface area (Å²) in [5.74, 6) is -1.58. The minimum absolute atomic E-state index is 0.0856. The Bertz CT molecular complexity index is 316. The van der Waals surface area contributed by atoms with Crippen molar-refractivity contribution in [2.24, 2.45) is 0 Å². The molecule has 1 N–H and O–H groups in total. The summed E-state index contributed by atoms with van der Waals surface area (Å²) in [5, 5.41) is 8.54. The second kappa shape index (κ2) is 4.09. The summed E-state index contributed by atoms with van der Waals surface area (Å²) < 4.78 is 16.9. The molecule has 0 saturated carbocycles. The number of rotatable bonds is 3. The van der Waals surface area contributed by atoms with Gasteiger partial charge in [-0.3, -0.25) is 0 Å². The van der Waals surface area contributed by atoms with Crippen LogP contribution in [0.5, 0.6) is 5.75 Å². The smallest absolute Gasteiger partial charge is 0.378 e. The van der Waals surface area contributed by atoms with E-state index in [1.54, 1.807) is 6.07 Å². The van der Waals surface area contributed by atoms with E-state index in [0.717, 1.165) is 0 Å². The van der Waals surface area contributed by atoms with E-state index in [4.69, 9.17) is 16.7 Å². The fourth-order valence-electron chi connectivity index (χ4n) is 0.710. The third-order valence-electron chi connectivity index (χ3n) is 1.23. The van der Waals surface area contributed by atoms with Crippen molar-refractivity contribution in [3.05, 3.63) is 29.3 Å². The molecule has 0 bridgehead atoms. The molecule has 70 valence electrons. The third-order valence-corrected chi connectivity index (χ3v) is 1.46. The van der Waals surface area contributed by atoms with Gasteiger partial charge in [0.15, 0.2) is 0 Å². The Morgan fingerprint density at radius 2 is 2.31 bits per heavy atom. The summed E-state index contributed by atoms with van der Waals surface area (Å²) in [6.07, 6.45) is -2.36. The molecule has 5 heteroatoms. The Kier molecular flexibility index (Phi) is 3.08. The lowest BCUT2D eigenvalue weighted by atomic mass is 10.3. The van der Waals surface area contributed by atoms with Crippen molar-refractivity contribution in [1.82, 2.24) is 0 Å². The van der Waals surface area contributed by atoms with Crippen LogP contribution in [-0.2, 0) is 4.79 Å². The fourth-order valence-corrected chi connectivity index (χ4v) is 0.890. The van der Waals surface area contributed by atoms with Crippen LogP contribution >= 0.6 is 11.6 Å². The van der Waals surface area contributed by atoms with Gasteiger partial charge in [-0.2, -0.15) is 4.39 Å². The molecular formula is C8H6ClFO3. The molecule has 1 unspecified atom stereocenters. The average Bonchev–Trinajstić information content (AvgIpc) is 2.04. The van der Waals surface area contributed by atoms with Crippen molar-refractivity contribution in [1.29, 1.82) is 0 Å². The fraction of sp³-hybridized carbons (Fsp3) is 0.125. The van der Waals surface area contributed by atoms with Crippen LogP contribution < -0.4 is 4.74 Å². The number of hydrogen-bond acceptors (Lipinski definition) is 2. The van der Waals surface area contributed by atoms with Crippen LogP contribution in [0.2, 0.25) is 5.02 Å². The van der Waals surface area contributed by atoms with E-state index in [1.807, 2.05) is 0 Å². The second-order valence-electron chi connectivity index (χ2n) is 2.23. The van der Waals surface area contributed by atoms with E-state index in [0.29, 0.717) is 5.02 Å². The highest BCUT2D eigenvalue weighted by Gasteiger charge is 2.16. The third kappa shape index (κ3) is 2.91. The van der Waals surface area contributed by atoms with Gasteiger partial charge in [0.25, 0.3) is 0 Å². The quantitative estimate of drug-likeness (QED) is 0.820. The Hall–Kier alpha value is -1.29. The highest BCUT2D eigenvalue weighted by Crippen LogP contribution is 2.18. The summed E-state index contributed by atoms with van der Waals surface area (Å²) in [7, 11) is 0. The summed E-state index contributed by atoms with van der Waals surface area (Å²) in [4.78, 5) is 10.1. The highest BCUT2D eigenvalue weighted by molar-refractivity contribution is 6.30. The summed E-state index contributed by atoms with van der Waals surface area (Å²) in [6, 6.07) is 5.85. The first-order chi connectivity index (χ1) is 6.09. The molecule has 0 aliphatic carbocycles. The van der Waals surface area contributed by atoms with Gasteiger partial charge in [-0.25, -0.2) is 4.79 Å². The molecule has 1 rings (SSSR count). The Balaban J connectivity index is 2.69. The zero-order valence-corrected chi connectivity index (χ0v) is 7.16. The normalized spacial score (nSPS) is 12.2. The van der Waals surface area contributed by atoms with Gasteiger partial charge in [-0.1, -0.05) is 17.7 Å². The van der Waals surface area contributed by atoms with Gasteiger partial charge in [-0.05, 0) is 18.2 Å². The number of benzene rings is 1. The molecule has 13 heavy (non-hydrogen) atoms. The van der Waals surface area contributed by atoms with Crippen LogP contribution in [0, 0.1) is 0 Å². The highest BCUT2D eigenvalue weighted by atomic mass is 35.5. The largest absolute Gasteiger partial charge is 0.476 e. The molecule has 0 aliphatic heterocycles. The Labute approximate surface area is 78.7 Å².